The molecular weight excluding hydrogens is 360 g/mol. The third-order valence-corrected chi connectivity index (χ3v) is 6.01. The van der Waals surface area contributed by atoms with Crippen molar-refractivity contribution in [2.45, 2.75) is 25.9 Å². The fourth-order valence-electron chi connectivity index (χ4n) is 4.70. The molecule has 0 aliphatic carbocycles. The molecule has 0 fully saturated rings. The Morgan fingerprint density at radius 2 is 2.07 bits per heavy atom. The maximum atomic E-state index is 5.50. The molecule has 3 heterocycles. The first kappa shape index (κ1) is 18.0. The molecule has 2 aromatic heterocycles. The summed E-state index contributed by atoms with van der Waals surface area (Å²) in [6, 6.07) is 15.4. The Morgan fingerprint density at radius 3 is 2.83 bits per heavy atom. The molecule has 5 nitrogen and oxygen atoms in total. The van der Waals surface area contributed by atoms with Gasteiger partial charge in [0.05, 0.1) is 19.3 Å². The second-order valence-electron chi connectivity index (χ2n) is 7.94. The Labute approximate surface area is 170 Å². The van der Waals surface area contributed by atoms with Crippen LogP contribution in [0.15, 0.2) is 54.9 Å². The van der Waals surface area contributed by atoms with Crippen LogP contribution in [0.2, 0.25) is 0 Å². The second kappa shape index (κ2) is 7.08. The highest BCUT2D eigenvalue weighted by Crippen LogP contribution is 2.40. The number of benzene rings is 2. The van der Waals surface area contributed by atoms with Crippen LogP contribution in [0.1, 0.15) is 34.0 Å². The maximum Gasteiger partial charge on any atom is 0.121 e. The van der Waals surface area contributed by atoms with E-state index in [1.165, 1.54) is 33.3 Å². The first-order chi connectivity index (χ1) is 14.1. The minimum Gasteiger partial charge on any atom is -0.496 e. The van der Waals surface area contributed by atoms with Crippen molar-refractivity contribution < 1.29 is 4.74 Å². The largest absolute Gasteiger partial charge is 0.496 e. The number of fused-ring (bicyclic) bond motifs is 3. The topological polar surface area (TPSA) is 46.1 Å². The number of hydrogen-bond donors (Lipinski definition) is 1. The molecule has 1 atom stereocenters. The fraction of sp³-hybridized carbons (Fsp3) is 0.292. The third kappa shape index (κ3) is 3.12. The summed E-state index contributed by atoms with van der Waals surface area (Å²) in [7, 11) is 3.70. The van der Waals surface area contributed by atoms with Crippen molar-refractivity contribution in [3.05, 3.63) is 82.8 Å². The van der Waals surface area contributed by atoms with Crippen LogP contribution in [0, 0.1) is 6.92 Å². The average Bonchev–Trinajstić information content (AvgIpc) is 3.30. The van der Waals surface area contributed by atoms with Crippen molar-refractivity contribution in [1.29, 1.82) is 0 Å². The van der Waals surface area contributed by atoms with Crippen LogP contribution >= 0.6 is 0 Å². The van der Waals surface area contributed by atoms with Gasteiger partial charge in [0, 0.05) is 48.5 Å². The first-order valence-corrected chi connectivity index (χ1v) is 10.1. The Hall–Kier alpha value is -3.05. The van der Waals surface area contributed by atoms with Gasteiger partial charge in [-0.2, -0.15) is 5.10 Å². The lowest BCUT2D eigenvalue weighted by Crippen LogP contribution is -2.35. The number of nitrogens with zero attached hydrogens (tertiary/aromatic N) is 3. The Kier molecular flexibility index (Phi) is 4.40. The Morgan fingerprint density at radius 1 is 1.21 bits per heavy atom. The summed E-state index contributed by atoms with van der Waals surface area (Å²) in [5, 5.41) is 5.71. The molecule has 1 aliphatic rings. The van der Waals surface area contributed by atoms with Gasteiger partial charge in [-0.15, -0.1) is 0 Å². The SMILES string of the molecule is COc1ccc([C@H]2c3[nH]c4ccccc4c3CCN2Cc2cnn(C)c2)cc1C. The lowest BCUT2D eigenvalue weighted by atomic mass is 9.91. The lowest BCUT2D eigenvalue weighted by molar-refractivity contribution is 0.202. The molecule has 1 aliphatic heterocycles. The molecule has 148 valence electrons. The summed E-state index contributed by atoms with van der Waals surface area (Å²) in [4.78, 5) is 6.29. The molecule has 5 rings (SSSR count). The molecule has 0 amide bonds. The van der Waals surface area contributed by atoms with E-state index in [2.05, 4.69) is 70.6 Å². The summed E-state index contributed by atoms with van der Waals surface area (Å²) < 4.78 is 7.37. The standard InChI is InChI=1S/C24H26N4O/c1-16-12-18(8-9-22(16)29-3)24-23-20(19-6-4-5-7-21(19)26-23)10-11-28(24)15-17-13-25-27(2)14-17/h4-9,12-14,24,26H,10-11,15H2,1-3H3/t24-/m0/s1. The monoisotopic (exact) mass is 386 g/mol. The molecule has 1 N–H and O–H groups in total. The van der Waals surface area contributed by atoms with Crippen LogP contribution in [-0.2, 0) is 20.0 Å². The Bertz CT molecular complexity index is 1170. The number of nitrogens with one attached hydrogen (secondary N) is 1. The van der Waals surface area contributed by atoms with Gasteiger partial charge in [-0.25, -0.2) is 0 Å². The zero-order valence-corrected chi connectivity index (χ0v) is 17.1. The van der Waals surface area contributed by atoms with Gasteiger partial charge in [0.2, 0.25) is 0 Å². The average molecular weight is 386 g/mol. The van der Waals surface area contributed by atoms with Gasteiger partial charge in [-0.3, -0.25) is 9.58 Å². The molecule has 2 aromatic carbocycles. The van der Waals surface area contributed by atoms with Gasteiger partial charge in [0.15, 0.2) is 0 Å². The highest BCUT2D eigenvalue weighted by molar-refractivity contribution is 5.85. The van der Waals surface area contributed by atoms with E-state index < -0.39 is 0 Å². The number of ether oxygens (including phenoxy) is 1. The van der Waals surface area contributed by atoms with E-state index in [-0.39, 0.29) is 6.04 Å². The number of methoxy groups -OCH3 is 1. The van der Waals surface area contributed by atoms with Gasteiger partial charge in [-0.1, -0.05) is 30.3 Å². The van der Waals surface area contributed by atoms with E-state index in [1.54, 1.807) is 7.11 Å². The number of H-pyrrole nitrogens is 1. The molecule has 0 saturated heterocycles. The van der Waals surface area contributed by atoms with E-state index >= 15 is 0 Å². The van der Waals surface area contributed by atoms with Gasteiger partial charge >= 0.3 is 0 Å². The van der Waals surface area contributed by atoms with E-state index in [1.807, 2.05) is 17.9 Å². The minimum atomic E-state index is 0.177. The number of hydrogen-bond acceptors (Lipinski definition) is 3. The van der Waals surface area contributed by atoms with E-state index in [4.69, 9.17) is 4.74 Å². The molecule has 0 saturated carbocycles. The number of aromatic nitrogens is 3. The zero-order valence-electron chi connectivity index (χ0n) is 17.1. The van der Waals surface area contributed by atoms with Crippen LogP contribution in [-0.4, -0.2) is 33.3 Å². The van der Waals surface area contributed by atoms with Crippen LogP contribution < -0.4 is 4.74 Å². The predicted molar refractivity (Wildman–Crippen MR) is 115 cm³/mol. The summed E-state index contributed by atoms with van der Waals surface area (Å²) in [6.07, 6.45) is 5.12. The van der Waals surface area contributed by atoms with Gasteiger partial charge in [0.1, 0.15) is 5.75 Å². The number of aromatic amines is 1. The molecule has 0 bridgehead atoms. The van der Waals surface area contributed by atoms with Gasteiger partial charge in [0.25, 0.3) is 0 Å². The van der Waals surface area contributed by atoms with Crippen LogP contribution in [0.3, 0.4) is 0 Å². The van der Waals surface area contributed by atoms with Crippen LogP contribution in [0.4, 0.5) is 0 Å². The van der Waals surface area contributed by atoms with Crippen molar-refractivity contribution in [2.24, 2.45) is 7.05 Å². The minimum absolute atomic E-state index is 0.177. The first-order valence-electron chi connectivity index (χ1n) is 10.1. The van der Waals surface area contributed by atoms with E-state index in [0.29, 0.717) is 0 Å². The highest BCUT2D eigenvalue weighted by Gasteiger charge is 2.32. The van der Waals surface area contributed by atoms with Crippen molar-refractivity contribution >= 4 is 10.9 Å². The number of rotatable bonds is 4. The van der Waals surface area contributed by atoms with Gasteiger partial charge in [-0.05, 0) is 42.2 Å². The molecule has 29 heavy (non-hydrogen) atoms. The van der Waals surface area contributed by atoms with Crippen molar-refractivity contribution in [2.75, 3.05) is 13.7 Å². The van der Waals surface area contributed by atoms with Crippen molar-refractivity contribution in [3.63, 3.8) is 0 Å². The maximum absolute atomic E-state index is 5.50. The lowest BCUT2D eigenvalue weighted by Gasteiger charge is -2.36. The zero-order chi connectivity index (χ0) is 20.0. The Balaban J connectivity index is 1.63. The summed E-state index contributed by atoms with van der Waals surface area (Å²) in [6.45, 7) is 4.00. The second-order valence-corrected chi connectivity index (χ2v) is 7.94. The molecule has 0 unspecified atom stereocenters. The molecule has 4 aromatic rings. The number of para-hydroxylation sites is 1. The molecule has 0 radical (unpaired) electrons. The fourth-order valence-corrected chi connectivity index (χ4v) is 4.70. The van der Waals surface area contributed by atoms with Crippen LogP contribution in [0.25, 0.3) is 10.9 Å². The summed E-state index contributed by atoms with van der Waals surface area (Å²) >= 11 is 0. The normalized spacial score (nSPS) is 16.9. The van der Waals surface area contributed by atoms with Crippen molar-refractivity contribution in [3.8, 4) is 5.75 Å². The van der Waals surface area contributed by atoms with Crippen LogP contribution in [0.5, 0.6) is 5.75 Å². The van der Waals surface area contributed by atoms with E-state index in [9.17, 15) is 0 Å². The third-order valence-electron chi connectivity index (χ3n) is 6.01. The molecule has 0 spiro atoms. The predicted octanol–water partition coefficient (Wildman–Crippen LogP) is 4.37. The van der Waals surface area contributed by atoms with E-state index in [0.717, 1.165) is 30.8 Å². The molecule has 5 heteroatoms. The van der Waals surface area contributed by atoms with Crippen molar-refractivity contribution in [1.82, 2.24) is 19.7 Å². The number of aryl methyl sites for hydroxylation is 2. The summed E-state index contributed by atoms with van der Waals surface area (Å²) in [5.41, 5.74) is 7.67. The quantitative estimate of drug-likeness (QED) is 0.567. The highest BCUT2D eigenvalue weighted by atomic mass is 16.5. The van der Waals surface area contributed by atoms with Gasteiger partial charge < -0.3 is 9.72 Å². The smallest absolute Gasteiger partial charge is 0.121 e. The molecular formula is C24H26N4O. The summed E-state index contributed by atoms with van der Waals surface area (Å²) in [5.74, 6) is 0.931.